The van der Waals surface area contributed by atoms with Gasteiger partial charge in [0.1, 0.15) is 0 Å². The van der Waals surface area contributed by atoms with Crippen molar-refractivity contribution in [1.29, 1.82) is 0 Å². The van der Waals surface area contributed by atoms with Crippen molar-refractivity contribution in [3.8, 4) is 0 Å². The lowest BCUT2D eigenvalue weighted by molar-refractivity contribution is 0.378. The van der Waals surface area contributed by atoms with Gasteiger partial charge in [-0.15, -0.1) is 0 Å². The lowest BCUT2D eigenvalue weighted by atomic mass is 10.1. The Hall–Kier alpha value is -0.0800. The molecule has 1 heterocycles. The molecule has 1 N–H and O–H groups in total. The molecule has 2 nitrogen and oxygen atoms in total. The van der Waals surface area contributed by atoms with Crippen LogP contribution < -0.4 is 5.32 Å². The van der Waals surface area contributed by atoms with Crippen LogP contribution in [0.3, 0.4) is 0 Å². The van der Waals surface area contributed by atoms with Crippen molar-refractivity contribution in [3.63, 3.8) is 0 Å². The van der Waals surface area contributed by atoms with Crippen molar-refractivity contribution in [2.45, 2.75) is 32.7 Å². The largest absolute Gasteiger partial charge is 0.309 e. The molecule has 2 heteroatoms. The fraction of sp³-hybridized carbons (Fsp3) is 1.00. The van der Waals surface area contributed by atoms with Gasteiger partial charge in [0.15, 0.2) is 0 Å². The molecule has 0 aromatic carbocycles. The van der Waals surface area contributed by atoms with Crippen molar-refractivity contribution in [3.05, 3.63) is 0 Å². The first kappa shape index (κ1) is 10.9. The zero-order valence-corrected chi connectivity index (χ0v) is 8.57. The Morgan fingerprint density at radius 1 is 1.36 bits per heavy atom. The normalized spacial score (nSPS) is 27.8. The average molecular weight is 158 g/mol. The number of hydrogen-bond donors (Lipinski definition) is 1. The molecule has 0 saturated carbocycles. The van der Waals surface area contributed by atoms with Gasteiger partial charge < -0.3 is 10.2 Å². The smallest absolute Gasteiger partial charge is 0.0291 e. The number of nitrogens with zero attached hydrogens (tertiary/aromatic N) is 1. The van der Waals surface area contributed by atoms with Crippen LogP contribution in [-0.4, -0.2) is 37.6 Å². The zero-order chi connectivity index (χ0) is 8.91. The first-order valence-electron chi connectivity index (χ1n) is 4.52. The maximum absolute atomic E-state index is 3.34. The molecule has 1 unspecified atom stereocenters. The second-order valence-corrected chi connectivity index (χ2v) is 3.47. The van der Waals surface area contributed by atoms with E-state index in [0.717, 1.165) is 0 Å². The lowest BCUT2D eigenvalue weighted by Crippen LogP contribution is -2.21. The van der Waals surface area contributed by atoms with Crippen molar-refractivity contribution < 1.29 is 0 Å². The SMILES string of the molecule is CC.CN(C)CCC1(C)CN1. The molecule has 0 spiro atoms. The third kappa shape index (κ3) is 5.22. The van der Waals surface area contributed by atoms with Gasteiger partial charge >= 0.3 is 0 Å². The monoisotopic (exact) mass is 158 g/mol. The fourth-order valence-electron chi connectivity index (χ4n) is 0.798. The Labute approximate surface area is 71.0 Å². The lowest BCUT2D eigenvalue weighted by Gasteiger charge is -2.11. The predicted octanol–water partition coefficient (Wildman–Crippen LogP) is 1.33. The van der Waals surface area contributed by atoms with Gasteiger partial charge in [-0.25, -0.2) is 0 Å². The van der Waals surface area contributed by atoms with Crippen LogP contribution in [0.15, 0.2) is 0 Å². The van der Waals surface area contributed by atoms with E-state index in [1.54, 1.807) is 0 Å². The Morgan fingerprint density at radius 2 is 1.82 bits per heavy atom. The molecular weight excluding hydrogens is 136 g/mol. The van der Waals surface area contributed by atoms with E-state index >= 15 is 0 Å². The molecule has 1 aliphatic rings. The topological polar surface area (TPSA) is 25.2 Å². The first-order valence-corrected chi connectivity index (χ1v) is 4.52. The molecule has 1 fully saturated rings. The van der Waals surface area contributed by atoms with E-state index in [-0.39, 0.29) is 0 Å². The van der Waals surface area contributed by atoms with Gasteiger partial charge in [0.05, 0.1) is 0 Å². The van der Waals surface area contributed by atoms with Gasteiger partial charge in [0.25, 0.3) is 0 Å². The highest BCUT2D eigenvalue weighted by Gasteiger charge is 2.35. The van der Waals surface area contributed by atoms with Crippen molar-refractivity contribution in [1.82, 2.24) is 10.2 Å². The summed E-state index contributed by atoms with van der Waals surface area (Å²) in [6.07, 6.45) is 1.28. The van der Waals surface area contributed by atoms with E-state index in [1.807, 2.05) is 13.8 Å². The van der Waals surface area contributed by atoms with E-state index in [1.165, 1.54) is 19.5 Å². The maximum atomic E-state index is 3.34. The predicted molar refractivity (Wildman–Crippen MR) is 50.9 cm³/mol. The highest BCUT2D eigenvalue weighted by Crippen LogP contribution is 2.19. The average Bonchev–Trinajstić information content (AvgIpc) is 2.70. The van der Waals surface area contributed by atoms with E-state index in [0.29, 0.717) is 5.54 Å². The highest BCUT2D eigenvalue weighted by atomic mass is 15.2. The molecule has 1 aliphatic heterocycles. The molecule has 1 rings (SSSR count). The third-order valence-corrected chi connectivity index (χ3v) is 1.89. The standard InChI is InChI=1S/C7H16N2.C2H6/c1-7(6-8-7)4-5-9(2)3;1-2/h8H,4-6H2,1-3H3;1-2H3. The molecular formula is C9H22N2. The quantitative estimate of drug-likeness (QED) is 0.627. The summed E-state index contributed by atoms with van der Waals surface area (Å²) in [5.74, 6) is 0. The number of hydrogen-bond acceptors (Lipinski definition) is 2. The highest BCUT2D eigenvalue weighted by molar-refractivity contribution is 4.99. The summed E-state index contributed by atoms with van der Waals surface area (Å²) in [5.41, 5.74) is 0.490. The summed E-state index contributed by atoms with van der Waals surface area (Å²) in [6.45, 7) is 8.68. The molecule has 1 saturated heterocycles. The van der Waals surface area contributed by atoms with Gasteiger partial charge in [0, 0.05) is 12.1 Å². The molecule has 0 bridgehead atoms. The second kappa shape index (κ2) is 4.73. The Morgan fingerprint density at radius 3 is 2.09 bits per heavy atom. The van der Waals surface area contributed by atoms with E-state index in [4.69, 9.17) is 0 Å². The molecule has 68 valence electrons. The molecule has 0 aromatic rings. The molecule has 1 atom stereocenters. The summed E-state index contributed by atoms with van der Waals surface area (Å²) in [6, 6.07) is 0. The molecule has 0 amide bonds. The summed E-state index contributed by atoms with van der Waals surface area (Å²) in [4.78, 5) is 2.23. The number of rotatable bonds is 3. The first-order chi connectivity index (χ1) is 5.12. The van der Waals surface area contributed by atoms with Crippen LogP contribution in [0.2, 0.25) is 0 Å². The van der Waals surface area contributed by atoms with Crippen LogP contribution in [0.1, 0.15) is 27.2 Å². The fourth-order valence-corrected chi connectivity index (χ4v) is 0.798. The van der Waals surface area contributed by atoms with Crippen LogP contribution >= 0.6 is 0 Å². The van der Waals surface area contributed by atoms with Gasteiger partial charge in [-0.3, -0.25) is 0 Å². The molecule has 0 aromatic heterocycles. The van der Waals surface area contributed by atoms with Crippen LogP contribution in [0.5, 0.6) is 0 Å². The van der Waals surface area contributed by atoms with E-state index < -0.39 is 0 Å². The van der Waals surface area contributed by atoms with Gasteiger partial charge in [0.2, 0.25) is 0 Å². The summed E-state index contributed by atoms with van der Waals surface area (Å²) in [5, 5.41) is 3.34. The van der Waals surface area contributed by atoms with Crippen LogP contribution in [-0.2, 0) is 0 Å². The molecule has 0 radical (unpaired) electrons. The minimum atomic E-state index is 0.490. The summed E-state index contributed by atoms with van der Waals surface area (Å²) >= 11 is 0. The van der Waals surface area contributed by atoms with Crippen LogP contribution in [0.4, 0.5) is 0 Å². The third-order valence-electron chi connectivity index (χ3n) is 1.89. The second-order valence-electron chi connectivity index (χ2n) is 3.47. The van der Waals surface area contributed by atoms with E-state index in [9.17, 15) is 0 Å². The van der Waals surface area contributed by atoms with Gasteiger partial charge in [-0.2, -0.15) is 0 Å². The molecule has 11 heavy (non-hydrogen) atoms. The van der Waals surface area contributed by atoms with Gasteiger partial charge in [-0.05, 0) is 34.0 Å². The number of nitrogens with one attached hydrogen (secondary N) is 1. The van der Waals surface area contributed by atoms with Crippen LogP contribution in [0.25, 0.3) is 0 Å². The Balaban J connectivity index is 0.000000461. The van der Waals surface area contributed by atoms with Crippen molar-refractivity contribution in [2.75, 3.05) is 27.2 Å². The molecule has 0 aliphatic carbocycles. The summed E-state index contributed by atoms with van der Waals surface area (Å²) in [7, 11) is 4.23. The minimum absolute atomic E-state index is 0.490. The van der Waals surface area contributed by atoms with Crippen molar-refractivity contribution in [2.24, 2.45) is 0 Å². The van der Waals surface area contributed by atoms with Crippen molar-refractivity contribution >= 4 is 0 Å². The van der Waals surface area contributed by atoms with Crippen LogP contribution in [0, 0.1) is 0 Å². The Bertz CT molecular complexity index is 95.7. The maximum Gasteiger partial charge on any atom is 0.0291 e. The van der Waals surface area contributed by atoms with Gasteiger partial charge in [-0.1, -0.05) is 13.8 Å². The van der Waals surface area contributed by atoms with E-state index in [2.05, 4.69) is 31.2 Å². The zero-order valence-electron chi connectivity index (χ0n) is 8.57. The minimum Gasteiger partial charge on any atom is -0.309 e. The summed E-state index contributed by atoms with van der Waals surface area (Å²) < 4.78 is 0. The Kier molecular flexibility index (Phi) is 4.69.